The Kier molecular flexibility index (Phi) is 8.93. The summed E-state index contributed by atoms with van der Waals surface area (Å²) in [6.45, 7) is 13.1. The third-order valence-corrected chi connectivity index (χ3v) is 8.87. The number of fused-ring (bicyclic) bond motifs is 5. The third-order valence-electron chi connectivity index (χ3n) is 8.87. The molecule has 1 aliphatic carbocycles. The lowest BCUT2D eigenvalue weighted by Gasteiger charge is -2.54. The molecule has 10 heteroatoms. The quantitative estimate of drug-likeness (QED) is 0.337. The van der Waals surface area contributed by atoms with Crippen LogP contribution in [0.25, 0.3) is 0 Å². The molecule has 0 amide bonds. The van der Waals surface area contributed by atoms with E-state index in [1.54, 1.807) is 13.8 Å². The minimum Gasteiger partial charge on any atom is -0.460 e. The lowest BCUT2D eigenvalue weighted by atomic mass is 9.55. The largest absolute Gasteiger partial charge is 0.460 e. The van der Waals surface area contributed by atoms with Gasteiger partial charge in [-0.15, -0.1) is 0 Å². The van der Waals surface area contributed by atoms with Crippen LogP contribution in [0.1, 0.15) is 87.5 Å². The molecular weight excluding hydrogens is 496 g/mol. The van der Waals surface area contributed by atoms with Crippen molar-refractivity contribution in [2.45, 2.75) is 135 Å². The van der Waals surface area contributed by atoms with Gasteiger partial charge in [-0.2, -0.15) is 0 Å². The molecule has 2 bridgehead atoms. The summed E-state index contributed by atoms with van der Waals surface area (Å²) in [5, 5.41) is 35.1. The number of hydrogen-bond donors (Lipinski definition) is 3. The number of carbonyl (C=O) groups is 3. The lowest BCUT2D eigenvalue weighted by molar-refractivity contribution is -0.236. The lowest BCUT2D eigenvalue weighted by Crippen LogP contribution is -2.67. The molecule has 0 unspecified atom stereocenters. The molecule has 3 aliphatic rings. The fourth-order valence-corrected chi connectivity index (χ4v) is 7.32. The Labute approximate surface area is 225 Å². The average molecular weight is 543 g/mol. The summed E-state index contributed by atoms with van der Waals surface area (Å²) in [7, 11) is 0. The Morgan fingerprint density at radius 3 is 2.18 bits per heavy atom. The van der Waals surface area contributed by atoms with Gasteiger partial charge in [0, 0.05) is 38.5 Å². The number of esters is 3. The highest BCUT2D eigenvalue weighted by Crippen LogP contribution is 2.58. The maximum atomic E-state index is 12.8. The number of hydrogen-bond acceptors (Lipinski definition) is 10. The average Bonchev–Trinajstić information content (AvgIpc) is 3.13. The van der Waals surface area contributed by atoms with Crippen molar-refractivity contribution in [3.8, 4) is 0 Å². The smallest absolute Gasteiger partial charge is 0.306 e. The Bertz CT molecular complexity index is 898. The zero-order valence-electron chi connectivity index (χ0n) is 23.9. The van der Waals surface area contributed by atoms with Gasteiger partial charge >= 0.3 is 17.9 Å². The first-order valence-corrected chi connectivity index (χ1v) is 13.8. The first-order chi connectivity index (χ1) is 17.5. The summed E-state index contributed by atoms with van der Waals surface area (Å²) < 4.78 is 23.8. The maximum absolute atomic E-state index is 12.8. The van der Waals surface area contributed by atoms with Crippen molar-refractivity contribution in [3.05, 3.63) is 0 Å². The summed E-state index contributed by atoms with van der Waals surface area (Å²) in [6, 6.07) is 0. The molecule has 3 fully saturated rings. The van der Waals surface area contributed by atoms with E-state index in [-0.39, 0.29) is 31.6 Å². The van der Waals surface area contributed by atoms with Crippen molar-refractivity contribution in [1.82, 2.24) is 0 Å². The van der Waals surface area contributed by atoms with E-state index in [0.717, 1.165) is 0 Å². The number of ether oxygens (including phenoxy) is 4. The molecule has 10 nitrogen and oxygen atoms in total. The van der Waals surface area contributed by atoms with Gasteiger partial charge in [0.25, 0.3) is 0 Å². The molecule has 1 saturated carbocycles. The van der Waals surface area contributed by atoms with Crippen molar-refractivity contribution in [2.75, 3.05) is 0 Å². The van der Waals surface area contributed by atoms with E-state index in [0.29, 0.717) is 6.42 Å². The second kappa shape index (κ2) is 11.0. The number of aliphatic hydroxyl groups is 3. The van der Waals surface area contributed by atoms with Crippen LogP contribution < -0.4 is 0 Å². The molecule has 2 heterocycles. The van der Waals surface area contributed by atoms with Crippen LogP contribution in [0.3, 0.4) is 0 Å². The van der Waals surface area contributed by atoms with Gasteiger partial charge in [0.1, 0.15) is 29.0 Å². The van der Waals surface area contributed by atoms with Gasteiger partial charge in [0.15, 0.2) is 6.10 Å². The highest BCUT2D eigenvalue weighted by Gasteiger charge is 2.69. The van der Waals surface area contributed by atoms with Gasteiger partial charge < -0.3 is 34.3 Å². The maximum Gasteiger partial charge on any atom is 0.306 e. The first kappa shape index (κ1) is 30.8. The van der Waals surface area contributed by atoms with Crippen molar-refractivity contribution in [2.24, 2.45) is 23.7 Å². The van der Waals surface area contributed by atoms with E-state index >= 15 is 0 Å². The summed E-state index contributed by atoms with van der Waals surface area (Å²) in [4.78, 5) is 36.8. The molecule has 2 aliphatic heterocycles. The van der Waals surface area contributed by atoms with Gasteiger partial charge in [-0.1, -0.05) is 20.8 Å². The summed E-state index contributed by atoms with van der Waals surface area (Å²) in [6.07, 6.45) is -3.63. The first-order valence-electron chi connectivity index (χ1n) is 13.8. The highest BCUT2D eigenvalue weighted by molar-refractivity contribution is 5.70. The van der Waals surface area contributed by atoms with Crippen molar-refractivity contribution < 1.29 is 48.7 Å². The predicted octanol–water partition coefficient (Wildman–Crippen LogP) is 2.28. The number of carbonyl (C=O) groups excluding carboxylic acids is 3. The molecule has 0 radical (unpaired) electrons. The second-order valence-electron chi connectivity index (χ2n) is 12.5. The van der Waals surface area contributed by atoms with Crippen LogP contribution in [0, 0.1) is 23.7 Å². The fraction of sp³-hybridized carbons (Fsp3) is 0.893. The van der Waals surface area contributed by atoms with E-state index in [4.69, 9.17) is 18.9 Å². The summed E-state index contributed by atoms with van der Waals surface area (Å²) in [5.74, 6) is -3.36. The summed E-state index contributed by atoms with van der Waals surface area (Å²) in [5.41, 5.74) is -4.48. The SMILES string of the molecule is CCCC(=O)O[C@@]1(C)CC[C@H](OC(C)=O)[C@@](C)(O)C[C@H]2O[C@@H]1[C@@H]1[C@@H](C(C)C)[C@H](O)[C@@H](OC(C)=O)[C@@](C)(O)[C@@H]12. The van der Waals surface area contributed by atoms with Crippen LogP contribution in [0.4, 0.5) is 0 Å². The zero-order valence-corrected chi connectivity index (χ0v) is 23.9. The Morgan fingerprint density at radius 2 is 1.66 bits per heavy atom. The van der Waals surface area contributed by atoms with E-state index in [1.165, 1.54) is 20.8 Å². The molecule has 0 aromatic carbocycles. The Hall–Kier alpha value is -1.75. The highest BCUT2D eigenvalue weighted by atomic mass is 16.6. The molecule has 3 rings (SSSR count). The molecule has 218 valence electrons. The number of aliphatic hydroxyl groups excluding tert-OH is 1. The second-order valence-corrected chi connectivity index (χ2v) is 12.5. The van der Waals surface area contributed by atoms with Crippen LogP contribution >= 0.6 is 0 Å². The van der Waals surface area contributed by atoms with E-state index < -0.39 is 83.0 Å². The van der Waals surface area contributed by atoms with Gasteiger partial charge in [-0.05, 0) is 51.9 Å². The topological polar surface area (TPSA) is 149 Å². The van der Waals surface area contributed by atoms with Crippen LogP contribution in [0.15, 0.2) is 0 Å². The minimum atomic E-state index is -1.74. The molecule has 0 aromatic rings. The monoisotopic (exact) mass is 542 g/mol. The summed E-state index contributed by atoms with van der Waals surface area (Å²) >= 11 is 0. The molecule has 0 spiro atoms. The number of rotatable bonds is 6. The van der Waals surface area contributed by atoms with E-state index in [1.807, 2.05) is 20.8 Å². The van der Waals surface area contributed by atoms with Crippen LogP contribution in [0.5, 0.6) is 0 Å². The minimum absolute atomic E-state index is 0.00541. The van der Waals surface area contributed by atoms with Gasteiger partial charge in [-0.25, -0.2) is 0 Å². The van der Waals surface area contributed by atoms with Gasteiger partial charge in [0.2, 0.25) is 0 Å². The van der Waals surface area contributed by atoms with E-state index in [9.17, 15) is 29.7 Å². The molecule has 11 atom stereocenters. The van der Waals surface area contributed by atoms with Crippen LogP contribution in [-0.2, 0) is 33.3 Å². The van der Waals surface area contributed by atoms with Gasteiger partial charge in [0.05, 0.1) is 12.2 Å². The standard InChI is InChI=1S/C28H46O10/c1-9-10-19(31)38-27(7)12-11-18(35-15(4)29)26(6,33)13-17-22-21(24(27)37-17)20(14(2)3)23(32)25(28(22,8)34)36-16(5)30/h14,17-18,20-25,32-34H,9-13H2,1-8H3/t17-,18+,20-,21-,22-,23+,24-,25-,26+,27+,28+/m1/s1. The van der Waals surface area contributed by atoms with Crippen molar-refractivity contribution >= 4 is 17.9 Å². The van der Waals surface area contributed by atoms with Crippen molar-refractivity contribution in [1.29, 1.82) is 0 Å². The molecule has 38 heavy (non-hydrogen) atoms. The third kappa shape index (κ3) is 5.74. The Balaban J connectivity index is 2.20. The van der Waals surface area contributed by atoms with E-state index in [2.05, 4.69) is 0 Å². The van der Waals surface area contributed by atoms with Crippen LogP contribution in [-0.4, -0.2) is 80.6 Å². The Morgan fingerprint density at radius 1 is 1.05 bits per heavy atom. The molecule has 2 saturated heterocycles. The van der Waals surface area contributed by atoms with Gasteiger partial charge in [-0.3, -0.25) is 14.4 Å². The molecular formula is C28H46O10. The van der Waals surface area contributed by atoms with Crippen LogP contribution in [0.2, 0.25) is 0 Å². The fourth-order valence-electron chi connectivity index (χ4n) is 7.32. The molecule has 3 N–H and O–H groups in total. The predicted molar refractivity (Wildman–Crippen MR) is 136 cm³/mol. The normalized spacial score (nSPS) is 44.8. The zero-order chi connectivity index (χ0) is 28.8. The molecule has 0 aromatic heterocycles. The van der Waals surface area contributed by atoms with Crippen molar-refractivity contribution in [3.63, 3.8) is 0 Å².